The molecule has 2 rings (SSSR count). The van der Waals surface area contributed by atoms with Gasteiger partial charge < -0.3 is 28.4 Å². The van der Waals surface area contributed by atoms with Gasteiger partial charge in [0.2, 0.25) is 0 Å². The molecule has 0 aliphatic carbocycles. The molecule has 0 N–H and O–H groups in total. The van der Waals surface area contributed by atoms with E-state index in [4.69, 9.17) is 28.4 Å². The lowest BCUT2D eigenvalue weighted by molar-refractivity contribution is -0.156. The van der Waals surface area contributed by atoms with Crippen molar-refractivity contribution in [1.82, 2.24) is 19.6 Å². The van der Waals surface area contributed by atoms with Crippen LogP contribution in [0.2, 0.25) is 0 Å². The lowest BCUT2D eigenvalue weighted by atomic mass is 9.92. The summed E-state index contributed by atoms with van der Waals surface area (Å²) in [6.07, 6.45) is 0. The smallest absolute Gasteiger partial charge is 0.319 e. The molecular formula is C36H50N4O12. The fourth-order valence-electron chi connectivity index (χ4n) is 5.71. The van der Waals surface area contributed by atoms with Crippen LogP contribution < -0.4 is 0 Å². The fourth-order valence-corrected chi connectivity index (χ4v) is 5.71. The molecule has 0 fully saturated rings. The molecule has 0 amide bonds. The van der Waals surface area contributed by atoms with Crippen molar-refractivity contribution < 1.29 is 57.2 Å². The van der Waals surface area contributed by atoms with Gasteiger partial charge in [-0.1, -0.05) is 60.7 Å². The van der Waals surface area contributed by atoms with Gasteiger partial charge in [-0.2, -0.15) is 0 Å². The summed E-state index contributed by atoms with van der Waals surface area (Å²) in [6, 6.07) is 19.1. The topological polar surface area (TPSA) is 171 Å². The van der Waals surface area contributed by atoms with Crippen molar-refractivity contribution in [2.24, 2.45) is 0 Å². The summed E-state index contributed by atoms with van der Waals surface area (Å²) in [5, 5.41) is 0. The van der Waals surface area contributed by atoms with Crippen molar-refractivity contribution in [3.8, 4) is 0 Å². The zero-order valence-electron chi connectivity index (χ0n) is 30.7. The van der Waals surface area contributed by atoms with Crippen LogP contribution in [-0.4, -0.2) is 163 Å². The predicted octanol–water partition coefficient (Wildman–Crippen LogP) is 0.372. The average molecular weight is 731 g/mol. The van der Waals surface area contributed by atoms with Crippen molar-refractivity contribution in [2.45, 2.75) is 18.6 Å². The number of hydrogen-bond donors (Lipinski definition) is 0. The molecule has 0 bridgehead atoms. The number of rotatable bonds is 23. The minimum absolute atomic E-state index is 0.0302. The molecule has 2 aromatic rings. The Kier molecular flexibility index (Phi) is 19.0. The third kappa shape index (κ3) is 15.1. The summed E-state index contributed by atoms with van der Waals surface area (Å²) in [7, 11) is 7.18. The van der Waals surface area contributed by atoms with E-state index in [9.17, 15) is 28.8 Å². The number of carbonyl (C=O) groups excluding carboxylic acids is 6. The molecule has 16 heteroatoms. The van der Waals surface area contributed by atoms with Crippen molar-refractivity contribution in [3.05, 3.63) is 71.8 Å². The molecule has 0 spiro atoms. The SMILES string of the molecule is COC(=O)CN(CC(=O)OC)CC(CN(CC(=O)OC)CC(=O)OC)(CN(Cc1ccccc1)Cc1ccccc1)N(CC(=O)OC)CC(=O)OC. The summed E-state index contributed by atoms with van der Waals surface area (Å²) in [6.45, 7) is -2.18. The van der Waals surface area contributed by atoms with Crippen LogP contribution >= 0.6 is 0 Å². The maximum atomic E-state index is 13.1. The van der Waals surface area contributed by atoms with Gasteiger partial charge in [0.15, 0.2) is 0 Å². The normalized spacial score (nSPS) is 11.3. The third-order valence-corrected chi connectivity index (χ3v) is 8.14. The number of methoxy groups -OCH3 is 6. The Labute approximate surface area is 304 Å². The molecule has 0 saturated carbocycles. The van der Waals surface area contributed by atoms with Gasteiger partial charge in [-0.15, -0.1) is 0 Å². The Morgan fingerprint density at radius 3 is 0.981 bits per heavy atom. The summed E-state index contributed by atoms with van der Waals surface area (Å²) in [4.78, 5) is 83.8. The second-order valence-corrected chi connectivity index (χ2v) is 11.9. The lowest BCUT2D eigenvalue weighted by Gasteiger charge is -2.49. The zero-order chi connectivity index (χ0) is 38.5. The van der Waals surface area contributed by atoms with Crippen molar-refractivity contribution in [3.63, 3.8) is 0 Å². The maximum absolute atomic E-state index is 13.1. The number of esters is 6. The second-order valence-electron chi connectivity index (χ2n) is 11.9. The fraction of sp³-hybridized carbons (Fsp3) is 0.500. The minimum atomic E-state index is -1.48. The highest BCUT2D eigenvalue weighted by molar-refractivity contribution is 5.77. The van der Waals surface area contributed by atoms with Crippen LogP contribution in [0.5, 0.6) is 0 Å². The van der Waals surface area contributed by atoms with Gasteiger partial charge in [-0.05, 0) is 11.1 Å². The van der Waals surface area contributed by atoms with Gasteiger partial charge in [0, 0.05) is 32.7 Å². The van der Waals surface area contributed by atoms with Crippen LogP contribution in [0.3, 0.4) is 0 Å². The van der Waals surface area contributed by atoms with E-state index in [2.05, 4.69) is 4.90 Å². The zero-order valence-corrected chi connectivity index (χ0v) is 30.7. The van der Waals surface area contributed by atoms with Crippen molar-refractivity contribution in [1.29, 1.82) is 0 Å². The molecule has 0 aromatic heterocycles. The highest BCUT2D eigenvalue weighted by atomic mass is 16.5. The van der Waals surface area contributed by atoms with E-state index < -0.39 is 80.6 Å². The first-order valence-electron chi connectivity index (χ1n) is 16.3. The molecule has 16 nitrogen and oxygen atoms in total. The molecule has 286 valence electrons. The van der Waals surface area contributed by atoms with Gasteiger partial charge in [0.1, 0.15) is 0 Å². The summed E-state index contributed by atoms with van der Waals surface area (Å²) >= 11 is 0. The van der Waals surface area contributed by atoms with Gasteiger partial charge >= 0.3 is 35.8 Å². The van der Waals surface area contributed by atoms with Gasteiger partial charge in [0.05, 0.1) is 87.5 Å². The molecule has 0 unspecified atom stereocenters. The molecule has 2 aromatic carbocycles. The van der Waals surface area contributed by atoms with E-state index in [1.807, 2.05) is 60.7 Å². The van der Waals surface area contributed by atoms with E-state index in [-0.39, 0.29) is 19.6 Å². The van der Waals surface area contributed by atoms with E-state index in [0.29, 0.717) is 13.1 Å². The number of hydrogen-bond acceptors (Lipinski definition) is 16. The second kappa shape index (κ2) is 22.8. The van der Waals surface area contributed by atoms with E-state index in [0.717, 1.165) is 11.1 Å². The molecule has 52 heavy (non-hydrogen) atoms. The van der Waals surface area contributed by atoms with Crippen molar-refractivity contribution in [2.75, 3.05) is 102 Å². The molecule has 0 radical (unpaired) electrons. The highest BCUT2D eigenvalue weighted by Crippen LogP contribution is 2.25. The quantitative estimate of drug-likeness (QED) is 0.113. The first kappa shape index (κ1) is 43.3. The number of ether oxygens (including phenoxy) is 6. The highest BCUT2D eigenvalue weighted by Gasteiger charge is 2.45. The van der Waals surface area contributed by atoms with Gasteiger partial charge in [-0.25, -0.2) is 0 Å². The molecule has 0 atom stereocenters. The number of carbonyl (C=O) groups is 6. The van der Waals surface area contributed by atoms with Crippen LogP contribution in [0.15, 0.2) is 60.7 Å². The minimum Gasteiger partial charge on any atom is -0.468 e. The van der Waals surface area contributed by atoms with Crippen LogP contribution in [0, 0.1) is 0 Å². The summed E-state index contributed by atoms with van der Waals surface area (Å²) in [5.41, 5.74) is 0.388. The van der Waals surface area contributed by atoms with E-state index >= 15 is 0 Å². The lowest BCUT2D eigenvalue weighted by Crippen LogP contribution is -2.68. The van der Waals surface area contributed by atoms with E-state index in [1.165, 1.54) is 57.4 Å². The largest absolute Gasteiger partial charge is 0.468 e. The van der Waals surface area contributed by atoms with E-state index in [1.54, 1.807) is 0 Å². The Morgan fingerprint density at radius 2 is 0.692 bits per heavy atom. The van der Waals surface area contributed by atoms with Gasteiger partial charge in [-0.3, -0.25) is 48.4 Å². The van der Waals surface area contributed by atoms with Crippen LogP contribution in [0.4, 0.5) is 0 Å². The van der Waals surface area contributed by atoms with Crippen molar-refractivity contribution >= 4 is 35.8 Å². The average Bonchev–Trinajstić information content (AvgIpc) is 3.14. The van der Waals surface area contributed by atoms with Crippen LogP contribution in [0.25, 0.3) is 0 Å². The predicted molar refractivity (Wildman–Crippen MR) is 186 cm³/mol. The van der Waals surface area contributed by atoms with Crippen LogP contribution in [0.1, 0.15) is 11.1 Å². The molecule has 0 saturated heterocycles. The molecule has 0 aliphatic rings. The standard InChI is InChI=1S/C36H50N4O12/c1-47-30(41)19-38(20-31(42)48-2)26-36(40(23-34(45)51-5)24-35(46)52-6,27-39(21-32(43)49-3)22-33(44)50-4)25-37(17-28-13-9-7-10-14-28)18-29-15-11-8-12-16-29/h7-16H,17-27H2,1-6H3. The number of benzene rings is 2. The molecular weight excluding hydrogens is 680 g/mol. The van der Waals surface area contributed by atoms with Gasteiger partial charge in [0.25, 0.3) is 0 Å². The maximum Gasteiger partial charge on any atom is 0.319 e. The Morgan fingerprint density at radius 1 is 0.423 bits per heavy atom. The van der Waals surface area contributed by atoms with Crippen LogP contribution in [-0.2, 0) is 70.3 Å². The Bertz CT molecular complexity index is 1310. The molecule has 0 aliphatic heterocycles. The summed E-state index contributed by atoms with van der Waals surface area (Å²) < 4.78 is 29.9. The first-order valence-corrected chi connectivity index (χ1v) is 16.3. The summed E-state index contributed by atoms with van der Waals surface area (Å²) in [5.74, 6) is -4.17. The monoisotopic (exact) mass is 730 g/mol. The number of nitrogens with zero attached hydrogens (tertiary/aromatic N) is 4. The third-order valence-electron chi connectivity index (χ3n) is 8.14. The Balaban J connectivity index is 2.98. The Hall–Kier alpha value is -4.90. The molecule has 0 heterocycles. The first-order chi connectivity index (χ1) is 24.9.